The quantitative estimate of drug-likeness (QED) is 0.697. The van der Waals surface area contributed by atoms with Crippen LogP contribution >= 0.6 is 0 Å². The van der Waals surface area contributed by atoms with Gasteiger partial charge in [0.1, 0.15) is 0 Å². The molecule has 0 aromatic carbocycles. The van der Waals surface area contributed by atoms with Gasteiger partial charge in [0.25, 0.3) is 0 Å². The highest BCUT2D eigenvalue weighted by atomic mass is 16.2. The van der Waals surface area contributed by atoms with E-state index in [1.165, 1.54) is 10.2 Å². The molecule has 0 atom stereocenters. The van der Waals surface area contributed by atoms with E-state index in [1.807, 2.05) is 6.20 Å². The Morgan fingerprint density at radius 3 is 2.87 bits per heavy atom. The largest absolute Gasteiger partial charge is 0.295 e. The van der Waals surface area contributed by atoms with E-state index in [0.717, 1.165) is 25.2 Å². The summed E-state index contributed by atoms with van der Waals surface area (Å²) in [5.74, 6) is -0.0134. The van der Waals surface area contributed by atoms with Crippen molar-refractivity contribution < 1.29 is 4.79 Å². The Hall–Kier alpha value is -1.16. The van der Waals surface area contributed by atoms with E-state index >= 15 is 0 Å². The third-order valence-corrected chi connectivity index (χ3v) is 2.95. The van der Waals surface area contributed by atoms with Crippen molar-refractivity contribution in [3.63, 3.8) is 0 Å². The van der Waals surface area contributed by atoms with Crippen LogP contribution < -0.4 is 0 Å². The minimum Gasteiger partial charge on any atom is -0.295 e. The number of hydrogen-bond donors (Lipinski definition) is 0. The molecule has 0 unspecified atom stereocenters. The number of nitrogens with zero attached hydrogens (tertiary/aromatic N) is 3. The van der Waals surface area contributed by atoms with Crippen LogP contribution in [0.5, 0.6) is 0 Å². The maximum absolute atomic E-state index is 11.2. The number of rotatable bonds is 1. The second kappa shape index (κ2) is 3.77. The van der Waals surface area contributed by atoms with E-state index in [2.05, 4.69) is 23.8 Å². The number of aromatic nitrogens is 2. The van der Waals surface area contributed by atoms with Crippen LogP contribution in [0.1, 0.15) is 36.8 Å². The molecule has 0 fully saturated rings. The number of carbonyl (C=O) groups excluding carboxylic acids is 1. The van der Waals surface area contributed by atoms with Gasteiger partial charge in [0.05, 0.1) is 5.69 Å². The molecule has 1 aromatic rings. The first-order valence-electron chi connectivity index (χ1n) is 5.40. The molecule has 2 heterocycles. The lowest BCUT2D eigenvalue weighted by Crippen LogP contribution is -2.35. The zero-order valence-corrected chi connectivity index (χ0v) is 9.53. The minimum atomic E-state index is -0.0134. The Balaban J connectivity index is 2.23. The van der Waals surface area contributed by atoms with Gasteiger partial charge in [-0.25, -0.2) is 4.68 Å². The lowest BCUT2D eigenvalue weighted by molar-refractivity contribution is 0.0920. The first-order chi connectivity index (χ1) is 7.08. The summed E-state index contributed by atoms with van der Waals surface area (Å²) in [5, 5.41) is 4.31. The average molecular weight is 207 g/mol. The molecule has 15 heavy (non-hydrogen) atoms. The van der Waals surface area contributed by atoms with Crippen LogP contribution in [0.3, 0.4) is 0 Å². The fourth-order valence-corrected chi connectivity index (χ4v) is 1.92. The molecule has 0 aliphatic carbocycles. The van der Waals surface area contributed by atoms with E-state index in [1.54, 1.807) is 6.92 Å². The van der Waals surface area contributed by atoms with Gasteiger partial charge < -0.3 is 0 Å². The fourth-order valence-electron chi connectivity index (χ4n) is 1.92. The zero-order chi connectivity index (χ0) is 11.0. The first-order valence-corrected chi connectivity index (χ1v) is 5.40. The summed E-state index contributed by atoms with van der Waals surface area (Å²) < 4.78 is 1.45. The van der Waals surface area contributed by atoms with Crippen molar-refractivity contribution >= 4 is 5.91 Å². The van der Waals surface area contributed by atoms with Crippen LogP contribution in [-0.4, -0.2) is 33.2 Å². The van der Waals surface area contributed by atoms with Crippen molar-refractivity contribution in [3.05, 3.63) is 17.5 Å². The average Bonchev–Trinajstić information content (AvgIpc) is 2.59. The third-order valence-electron chi connectivity index (χ3n) is 2.95. The lowest BCUT2D eigenvalue weighted by Gasteiger charge is -2.29. The Labute approximate surface area is 89.9 Å². The van der Waals surface area contributed by atoms with Crippen LogP contribution in [0.4, 0.5) is 0 Å². The molecule has 0 spiro atoms. The summed E-state index contributed by atoms with van der Waals surface area (Å²) in [6.45, 7) is 7.85. The van der Waals surface area contributed by atoms with Crippen molar-refractivity contribution in [1.82, 2.24) is 14.7 Å². The maximum atomic E-state index is 11.2. The summed E-state index contributed by atoms with van der Waals surface area (Å²) >= 11 is 0. The van der Waals surface area contributed by atoms with Crippen LogP contribution in [0.25, 0.3) is 0 Å². The molecule has 0 bridgehead atoms. The highest BCUT2D eigenvalue weighted by Crippen LogP contribution is 2.18. The minimum absolute atomic E-state index is 0.0134. The SMILES string of the molecule is CC(=O)n1cc2c(n1)CN(C(C)C)CC2. The zero-order valence-electron chi connectivity index (χ0n) is 9.53. The summed E-state index contributed by atoms with van der Waals surface area (Å²) in [5.41, 5.74) is 2.28. The Morgan fingerprint density at radius 1 is 1.53 bits per heavy atom. The predicted octanol–water partition coefficient (Wildman–Crippen LogP) is 1.31. The topological polar surface area (TPSA) is 38.1 Å². The predicted molar refractivity (Wildman–Crippen MR) is 57.8 cm³/mol. The van der Waals surface area contributed by atoms with Crippen LogP contribution in [0.15, 0.2) is 6.20 Å². The van der Waals surface area contributed by atoms with Crippen LogP contribution in [-0.2, 0) is 13.0 Å². The van der Waals surface area contributed by atoms with Gasteiger partial charge in [0, 0.05) is 32.3 Å². The highest BCUT2D eigenvalue weighted by molar-refractivity contribution is 5.75. The molecule has 1 aliphatic rings. The molecular weight excluding hydrogens is 190 g/mol. The maximum Gasteiger partial charge on any atom is 0.243 e. The van der Waals surface area contributed by atoms with Crippen LogP contribution in [0, 0.1) is 0 Å². The molecule has 0 radical (unpaired) electrons. The molecule has 1 aliphatic heterocycles. The molecule has 4 heteroatoms. The van der Waals surface area contributed by atoms with Crippen molar-refractivity contribution in [3.8, 4) is 0 Å². The van der Waals surface area contributed by atoms with Crippen molar-refractivity contribution in [1.29, 1.82) is 0 Å². The van der Waals surface area contributed by atoms with E-state index in [4.69, 9.17) is 0 Å². The molecule has 1 aromatic heterocycles. The van der Waals surface area contributed by atoms with Gasteiger partial charge in [0.2, 0.25) is 5.91 Å². The molecule has 2 rings (SSSR count). The van der Waals surface area contributed by atoms with Gasteiger partial charge in [-0.15, -0.1) is 0 Å². The third kappa shape index (κ3) is 1.95. The van der Waals surface area contributed by atoms with Gasteiger partial charge in [-0.3, -0.25) is 9.69 Å². The van der Waals surface area contributed by atoms with E-state index in [9.17, 15) is 4.79 Å². The monoisotopic (exact) mass is 207 g/mol. The summed E-state index contributed by atoms with van der Waals surface area (Å²) in [4.78, 5) is 13.5. The molecule has 0 N–H and O–H groups in total. The normalized spacial score (nSPS) is 16.8. The van der Waals surface area contributed by atoms with Crippen molar-refractivity contribution in [2.24, 2.45) is 0 Å². The highest BCUT2D eigenvalue weighted by Gasteiger charge is 2.21. The smallest absolute Gasteiger partial charge is 0.243 e. The first kappa shape index (κ1) is 10.4. The van der Waals surface area contributed by atoms with Gasteiger partial charge in [-0.05, 0) is 25.8 Å². The second-order valence-electron chi connectivity index (χ2n) is 4.38. The van der Waals surface area contributed by atoms with Gasteiger partial charge in [0.15, 0.2) is 0 Å². The van der Waals surface area contributed by atoms with Crippen molar-refractivity contribution in [2.45, 2.75) is 39.8 Å². The standard InChI is InChI=1S/C11H17N3O/c1-8(2)13-5-4-10-6-14(9(3)15)12-11(10)7-13/h6,8H,4-5,7H2,1-3H3. The lowest BCUT2D eigenvalue weighted by atomic mass is 10.1. The molecule has 4 nitrogen and oxygen atoms in total. The Bertz CT molecular complexity index is 381. The van der Waals surface area contributed by atoms with Crippen molar-refractivity contribution in [2.75, 3.05) is 6.54 Å². The molecule has 82 valence electrons. The van der Waals surface area contributed by atoms with E-state index in [-0.39, 0.29) is 5.91 Å². The Morgan fingerprint density at radius 2 is 2.27 bits per heavy atom. The van der Waals surface area contributed by atoms with E-state index < -0.39 is 0 Å². The Kier molecular flexibility index (Phi) is 2.61. The molecule has 0 saturated heterocycles. The fraction of sp³-hybridized carbons (Fsp3) is 0.636. The van der Waals surface area contributed by atoms with Crippen LogP contribution in [0.2, 0.25) is 0 Å². The van der Waals surface area contributed by atoms with Gasteiger partial charge >= 0.3 is 0 Å². The summed E-state index contributed by atoms with van der Waals surface area (Å²) in [6.07, 6.45) is 2.87. The van der Waals surface area contributed by atoms with Gasteiger partial charge in [-0.2, -0.15) is 5.10 Å². The number of fused-ring (bicyclic) bond motifs is 1. The molecular formula is C11H17N3O. The summed E-state index contributed by atoms with van der Waals surface area (Å²) in [6, 6.07) is 0.542. The van der Waals surface area contributed by atoms with E-state index in [0.29, 0.717) is 6.04 Å². The molecule has 0 saturated carbocycles. The second-order valence-corrected chi connectivity index (χ2v) is 4.38. The summed E-state index contributed by atoms with van der Waals surface area (Å²) in [7, 11) is 0. The van der Waals surface area contributed by atoms with Gasteiger partial charge in [-0.1, -0.05) is 0 Å². The number of hydrogen-bond acceptors (Lipinski definition) is 3. The molecule has 0 amide bonds. The number of carbonyl (C=O) groups is 1.